The van der Waals surface area contributed by atoms with Crippen LogP contribution < -0.4 is 5.56 Å². The minimum Gasteiger partial charge on any atom is -0.293 e. The van der Waals surface area contributed by atoms with Gasteiger partial charge in [0.15, 0.2) is 5.65 Å². The van der Waals surface area contributed by atoms with Gasteiger partial charge in [-0.2, -0.15) is 5.26 Å². The van der Waals surface area contributed by atoms with E-state index in [1.54, 1.807) is 6.92 Å². The van der Waals surface area contributed by atoms with Gasteiger partial charge in [-0.15, -0.1) is 0 Å². The molecule has 0 aromatic carbocycles. The summed E-state index contributed by atoms with van der Waals surface area (Å²) in [5.41, 5.74) is 2.04. The largest absolute Gasteiger partial charge is 0.293 e. The number of hydrogen-bond donors (Lipinski definition) is 1. The van der Waals surface area contributed by atoms with Crippen LogP contribution in [-0.2, 0) is 6.42 Å². The molecule has 0 radical (unpaired) electrons. The summed E-state index contributed by atoms with van der Waals surface area (Å²) in [6.45, 7) is 3.67. The number of rotatable bonds is 1. The van der Waals surface area contributed by atoms with Crippen molar-refractivity contribution >= 4 is 5.65 Å². The highest BCUT2D eigenvalue weighted by Gasteiger charge is 2.11. The number of fused-ring (bicyclic) bond motifs is 1. The van der Waals surface area contributed by atoms with E-state index in [0.717, 1.165) is 0 Å². The van der Waals surface area contributed by atoms with Gasteiger partial charge in [-0.25, -0.2) is 9.50 Å². The van der Waals surface area contributed by atoms with Crippen LogP contribution in [0.1, 0.15) is 23.9 Å². The van der Waals surface area contributed by atoms with Gasteiger partial charge in [-0.1, -0.05) is 6.92 Å². The van der Waals surface area contributed by atoms with E-state index in [0.29, 0.717) is 29.0 Å². The molecule has 0 saturated heterocycles. The average molecular weight is 202 g/mol. The van der Waals surface area contributed by atoms with Crippen LogP contribution in [-0.4, -0.2) is 14.6 Å². The van der Waals surface area contributed by atoms with Gasteiger partial charge in [0.1, 0.15) is 11.6 Å². The Labute approximate surface area is 86.0 Å². The van der Waals surface area contributed by atoms with Gasteiger partial charge in [0.05, 0.1) is 5.69 Å². The molecule has 0 unspecified atom stereocenters. The predicted molar refractivity (Wildman–Crippen MR) is 54.6 cm³/mol. The van der Waals surface area contributed by atoms with E-state index in [1.807, 2.05) is 13.0 Å². The molecule has 2 heterocycles. The van der Waals surface area contributed by atoms with E-state index in [-0.39, 0.29) is 5.56 Å². The summed E-state index contributed by atoms with van der Waals surface area (Å²) >= 11 is 0. The topological polar surface area (TPSA) is 73.9 Å². The van der Waals surface area contributed by atoms with E-state index in [9.17, 15) is 4.79 Å². The van der Waals surface area contributed by atoms with Crippen LogP contribution in [0.4, 0.5) is 0 Å². The van der Waals surface area contributed by atoms with Crippen LogP contribution in [0.2, 0.25) is 0 Å². The summed E-state index contributed by atoms with van der Waals surface area (Å²) in [5.74, 6) is 0. The second-order valence-corrected chi connectivity index (χ2v) is 3.32. The van der Waals surface area contributed by atoms with Crippen LogP contribution in [0.15, 0.2) is 10.9 Å². The van der Waals surface area contributed by atoms with E-state index in [4.69, 9.17) is 5.26 Å². The van der Waals surface area contributed by atoms with E-state index < -0.39 is 0 Å². The Balaban J connectivity index is 2.94. The van der Waals surface area contributed by atoms with Crippen LogP contribution in [0, 0.1) is 18.3 Å². The second-order valence-electron chi connectivity index (χ2n) is 3.32. The molecule has 15 heavy (non-hydrogen) atoms. The van der Waals surface area contributed by atoms with Gasteiger partial charge in [0.2, 0.25) is 0 Å². The molecule has 0 amide bonds. The first-order chi connectivity index (χ1) is 7.17. The summed E-state index contributed by atoms with van der Waals surface area (Å²) < 4.78 is 1.30. The first-order valence-electron chi connectivity index (χ1n) is 4.68. The first kappa shape index (κ1) is 9.46. The standard InChI is InChI=1S/C10H10N4O/c1-3-7-4-9(15)14-10(12-7)8(5-11)6(2)13-14/h4,13H,3H2,1-2H3. The molecule has 0 fully saturated rings. The lowest BCUT2D eigenvalue weighted by molar-refractivity contribution is 0.862. The fraction of sp³-hybridized carbons (Fsp3) is 0.300. The Bertz CT molecular complexity index is 615. The van der Waals surface area contributed by atoms with Gasteiger partial charge in [0, 0.05) is 11.8 Å². The van der Waals surface area contributed by atoms with Crippen molar-refractivity contribution in [1.29, 1.82) is 5.26 Å². The van der Waals surface area contributed by atoms with Crippen molar-refractivity contribution in [1.82, 2.24) is 14.6 Å². The molecular formula is C10H10N4O. The molecule has 0 aliphatic carbocycles. The summed E-state index contributed by atoms with van der Waals surface area (Å²) in [5, 5.41) is 11.8. The maximum absolute atomic E-state index is 11.6. The van der Waals surface area contributed by atoms with Crippen molar-refractivity contribution in [2.75, 3.05) is 0 Å². The number of aryl methyl sites for hydroxylation is 2. The highest BCUT2D eigenvalue weighted by Crippen LogP contribution is 2.10. The number of aromatic amines is 1. The quantitative estimate of drug-likeness (QED) is 0.742. The van der Waals surface area contributed by atoms with Crippen molar-refractivity contribution in [2.45, 2.75) is 20.3 Å². The highest BCUT2D eigenvalue weighted by molar-refractivity contribution is 5.57. The zero-order valence-corrected chi connectivity index (χ0v) is 8.53. The molecule has 0 saturated carbocycles. The van der Waals surface area contributed by atoms with Crippen LogP contribution in [0.3, 0.4) is 0 Å². The SMILES string of the molecule is CCc1cc(=O)n2[nH]c(C)c(C#N)c2n1. The van der Waals surface area contributed by atoms with Gasteiger partial charge in [-0.3, -0.25) is 9.89 Å². The molecule has 1 N–H and O–H groups in total. The zero-order chi connectivity index (χ0) is 11.0. The minimum atomic E-state index is -0.179. The maximum atomic E-state index is 11.6. The number of nitriles is 1. The molecule has 2 aromatic rings. The Morgan fingerprint density at radius 3 is 3.00 bits per heavy atom. The summed E-state index contributed by atoms with van der Waals surface area (Å²) in [6, 6.07) is 3.52. The number of nitrogens with one attached hydrogen (secondary N) is 1. The molecular weight excluding hydrogens is 192 g/mol. The molecule has 76 valence electrons. The molecule has 0 aliphatic rings. The van der Waals surface area contributed by atoms with Crippen molar-refractivity contribution < 1.29 is 0 Å². The number of H-pyrrole nitrogens is 1. The van der Waals surface area contributed by atoms with Crippen LogP contribution in [0.25, 0.3) is 5.65 Å². The van der Waals surface area contributed by atoms with Crippen LogP contribution in [0.5, 0.6) is 0 Å². The van der Waals surface area contributed by atoms with Crippen molar-refractivity contribution in [3.63, 3.8) is 0 Å². The summed E-state index contributed by atoms with van der Waals surface area (Å²) in [4.78, 5) is 15.9. The number of nitrogens with zero attached hydrogens (tertiary/aromatic N) is 3. The third kappa shape index (κ3) is 1.31. The fourth-order valence-corrected chi connectivity index (χ4v) is 1.51. The van der Waals surface area contributed by atoms with E-state index >= 15 is 0 Å². The monoisotopic (exact) mass is 202 g/mol. The normalized spacial score (nSPS) is 10.5. The van der Waals surface area contributed by atoms with Crippen LogP contribution >= 0.6 is 0 Å². The highest BCUT2D eigenvalue weighted by atomic mass is 16.1. The Morgan fingerprint density at radius 1 is 1.67 bits per heavy atom. The molecule has 5 heteroatoms. The third-order valence-corrected chi connectivity index (χ3v) is 2.32. The van der Waals surface area contributed by atoms with E-state index in [2.05, 4.69) is 10.1 Å². The minimum absolute atomic E-state index is 0.179. The van der Waals surface area contributed by atoms with Crippen molar-refractivity contribution in [3.8, 4) is 6.07 Å². The predicted octanol–water partition coefficient (Wildman–Crippen LogP) is 0.765. The number of hydrogen-bond acceptors (Lipinski definition) is 3. The smallest absolute Gasteiger partial charge is 0.272 e. The Kier molecular flexibility index (Phi) is 2.05. The zero-order valence-electron chi connectivity index (χ0n) is 8.53. The van der Waals surface area contributed by atoms with Gasteiger partial charge in [0.25, 0.3) is 5.56 Å². The summed E-state index contributed by atoms with van der Waals surface area (Å²) in [6.07, 6.45) is 0.681. The molecule has 5 nitrogen and oxygen atoms in total. The van der Waals surface area contributed by atoms with E-state index in [1.165, 1.54) is 10.6 Å². The number of aromatic nitrogens is 3. The molecule has 0 spiro atoms. The fourth-order valence-electron chi connectivity index (χ4n) is 1.51. The average Bonchev–Trinajstić information content (AvgIpc) is 2.54. The maximum Gasteiger partial charge on any atom is 0.272 e. The lowest BCUT2D eigenvalue weighted by Gasteiger charge is -1.96. The summed E-state index contributed by atoms with van der Waals surface area (Å²) in [7, 11) is 0. The third-order valence-electron chi connectivity index (χ3n) is 2.32. The van der Waals surface area contributed by atoms with Crippen molar-refractivity contribution in [2.24, 2.45) is 0 Å². The van der Waals surface area contributed by atoms with Gasteiger partial charge >= 0.3 is 0 Å². The van der Waals surface area contributed by atoms with Gasteiger partial charge < -0.3 is 0 Å². The molecule has 2 rings (SSSR count). The first-order valence-corrected chi connectivity index (χ1v) is 4.68. The van der Waals surface area contributed by atoms with Crippen molar-refractivity contribution in [3.05, 3.63) is 33.4 Å². The lowest BCUT2D eigenvalue weighted by atomic mass is 10.2. The second kappa shape index (κ2) is 3.24. The van der Waals surface area contributed by atoms with Gasteiger partial charge in [-0.05, 0) is 13.3 Å². The Morgan fingerprint density at radius 2 is 2.40 bits per heavy atom. The molecule has 0 atom stereocenters. The molecule has 0 bridgehead atoms. The molecule has 2 aromatic heterocycles. The Hall–Kier alpha value is -2.09. The lowest BCUT2D eigenvalue weighted by Crippen LogP contribution is -2.15. The molecule has 0 aliphatic heterocycles.